The maximum Gasteiger partial charge on any atom is 0.269 e. The number of nitrogens with zero attached hydrogens (tertiary/aromatic N) is 1. The molecule has 19 heavy (non-hydrogen) atoms. The van der Waals surface area contributed by atoms with Crippen molar-refractivity contribution in [3.05, 3.63) is 58.6 Å². The molecule has 6 heteroatoms. The molecule has 0 heterocycles. The van der Waals surface area contributed by atoms with Crippen molar-refractivity contribution in [2.24, 2.45) is 0 Å². The third-order valence-corrected chi connectivity index (χ3v) is 3.82. The Balaban J connectivity index is 2.35. The molecule has 0 spiro atoms. The monoisotopic (exact) mass is 277 g/mol. The number of rotatable bonds is 3. The average Bonchev–Trinajstić information content (AvgIpc) is 2.38. The second-order valence-corrected chi connectivity index (χ2v) is 6.12. The average molecular weight is 277 g/mol. The summed E-state index contributed by atoms with van der Waals surface area (Å²) >= 11 is 0. The largest absolute Gasteiger partial charge is 0.269 e. The van der Waals surface area contributed by atoms with E-state index in [9.17, 15) is 18.5 Å². The molecule has 0 bridgehead atoms. The van der Waals surface area contributed by atoms with Gasteiger partial charge in [-0.15, -0.1) is 0 Å². The highest BCUT2D eigenvalue weighted by molar-refractivity contribution is 7.90. The predicted octanol–water partition coefficient (Wildman–Crippen LogP) is 2.67. The molecule has 0 aliphatic rings. The van der Waals surface area contributed by atoms with Gasteiger partial charge < -0.3 is 0 Å². The highest BCUT2D eigenvalue weighted by Crippen LogP contribution is 2.23. The van der Waals surface area contributed by atoms with Gasteiger partial charge in [0.1, 0.15) is 0 Å². The van der Waals surface area contributed by atoms with Crippen LogP contribution >= 0.6 is 0 Å². The SMILES string of the molecule is CS(=O)(=O)c1ccc(-c2ccc([N+](=O)[O-])cc2)cc1. The van der Waals surface area contributed by atoms with Crippen molar-refractivity contribution < 1.29 is 13.3 Å². The van der Waals surface area contributed by atoms with Crippen molar-refractivity contribution in [2.75, 3.05) is 6.26 Å². The highest BCUT2D eigenvalue weighted by atomic mass is 32.2. The maximum absolute atomic E-state index is 11.3. The Morgan fingerprint density at radius 3 is 1.68 bits per heavy atom. The van der Waals surface area contributed by atoms with E-state index in [1.54, 1.807) is 24.3 Å². The zero-order valence-electron chi connectivity index (χ0n) is 10.1. The van der Waals surface area contributed by atoms with Gasteiger partial charge in [-0.05, 0) is 35.4 Å². The maximum atomic E-state index is 11.3. The van der Waals surface area contributed by atoms with Gasteiger partial charge in [0.15, 0.2) is 9.84 Å². The van der Waals surface area contributed by atoms with Crippen LogP contribution in [0.25, 0.3) is 11.1 Å². The van der Waals surface area contributed by atoms with Gasteiger partial charge in [0.25, 0.3) is 5.69 Å². The van der Waals surface area contributed by atoms with Gasteiger partial charge in [-0.3, -0.25) is 10.1 Å². The lowest BCUT2D eigenvalue weighted by Crippen LogP contribution is -1.96. The van der Waals surface area contributed by atoms with E-state index in [0.717, 1.165) is 17.4 Å². The molecule has 0 aliphatic heterocycles. The summed E-state index contributed by atoms with van der Waals surface area (Å²) in [6.45, 7) is 0. The van der Waals surface area contributed by atoms with E-state index in [2.05, 4.69) is 0 Å². The van der Waals surface area contributed by atoms with E-state index in [0.29, 0.717) is 0 Å². The van der Waals surface area contributed by atoms with Crippen molar-refractivity contribution in [2.45, 2.75) is 4.90 Å². The Hall–Kier alpha value is -2.21. The fourth-order valence-corrected chi connectivity index (χ4v) is 2.30. The molecule has 0 saturated carbocycles. The minimum absolute atomic E-state index is 0.0245. The van der Waals surface area contributed by atoms with E-state index in [-0.39, 0.29) is 10.6 Å². The molecule has 0 saturated heterocycles. The molecular weight excluding hydrogens is 266 g/mol. The molecule has 0 radical (unpaired) electrons. The number of nitro benzene ring substituents is 1. The van der Waals surface area contributed by atoms with Gasteiger partial charge in [-0.25, -0.2) is 8.42 Å². The lowest BCUT2D eigenvalue weighted by molar-refractivity contribution is -0.384. The quantitative estimate of drug-likeness (QED) is 0.638. The molecule has 0 amide bonds. The first kappa shape index (κ1) is 13.2. The van der Waals surface area contributed by atoms with Crippen molar-refractivity contribution in [3.8, 4) is 11.1 Å². The second-order valence-electron chi connectivity index (χ2n) is 4.10. The number of hydrogen-bond acceptors (Lipinski definition) is 4. The van der Waals surface area contributed by atoms with Crippen molar-refractivity contribution in [3.63, 3.8) is 0 Å². The van der Waals surface area contributed by atoms with E-state index in [4.69, 9.17) is 0 Å². The molecule has 5 nitrogen and oxygen atoms in total. The van der Waals surface area contributed by atoms with Crippen LogP contribution < -0.4 is 0 Å². The molecule has 0 fully saturated rings. The summed E-state index contributed by atoms with van der Waals surface area (Å²) in [6, 6.07) is 12.5. The van der Waals surface area contributed by atoms with Crippen LogP contribution in [0.15, 0.2) is 53.4 Å². The zero-order chi connectivity index (χ0) is 14.0. The van der Waals surface area contributed by atoms with E-state index in [1.807, 2.05) is 0 Å². The Morgan fingerprint density at radius 2 is 1.32 bits per heavy atom. The van der Waals surface area contributed by atoms with Crippen molar-refractivity contribution >= 4 is 15.5 Å². The van der Waals surface area contributed by atoms with Crippen LogP contribution in [-0.4, -0.2) is 19.6 Å². The Kier molecular flexibility index (Phi) is 3.35. The number of benzene rings is 2. The minimum Gasteiger partial charge on any atom is -0.258 e. The summed E-state index contributed by atoms with van der Waals surface area (Å²) in [4.78, 5) is 10.3. The van der Waals surface area contributed by atoms with Crippen LogP contribution in [0.1, 0.15) is 0 Å². The van der Waals surface area contributed by atoms with E-state index in [1.165, 1.54) is 24.3 Å². The lowest BCUT2D eigenvalue weighted by Gasteiger charge is -2.03. The topological polar surface area (TPSA) is 77.3 Å². The van der Waals surface area contributed by atoms with Gasteiger partial charge in [0, 0.05) is 18.4 Å². The van der Waals surface area contributed by atoms with E-state index >= 15 is 0 Å². The summed E-state index contributed by atoms with van der Waals surface area (Å²) in [5.74, 6) is 0. The molecule has 2 rings (SSSR count). The number of nitro groups is 1. The highest BCUT2D eigenvalue weighted by Gasteiger charge is 2.08. The fourth-order valence-electron chi connectivity index (χ4n) is 1.67. The predicted molar refractivity (Wildman–Crippen MR) is 71.6 cm³/mol. The first-order valence-electron chi connectivity index (χ1n) is 5.43. The molecular formula is C13H11NO4S. The molecule has 0 N–H and O–H groups in total. The van der Waals surface area contributed by atoms with E-state index < -0.39 is 14.8 Å². The summed E-state index contributed by atoms with van der Waals surface area (Å²) in [5.41, 5.74) is 1.63. The summed E-state index contributed by atoms with van der Waals surface area (Å²) in [5, 5.41) is 10.5. The third kappa shape index (κ3) is 2.97. The van der Waals surface area contributed by atoms with Crippen molar-refractivity contribution in [1.29, 1.82) is 0 Å². The first-order valence-corrected chi connectivity index (χ1v) is 7.32. The van der Waals surface area contributed by atoms with Crippen LogP contribution in [-0.2, 0) is 9.84 Å². The van der Waals surface area contributed by atoms with Crippen molar-refractivity contribution in [1.82, 2.24) is 0 Å². The first-order chi connectivity index (χ1) is 8.88. The van der Waals surface area contributed by atoms with Gasteiger partial charge >= 0.3 is 0 Å². The smallest absolute Gasteiger partial charge is 0.258 e. The van der Waals surface area contributed by atoms with Crippen LogP contribution in [0, 0.1) is 10.1 Å². The molecule has 0 aliphatic carbocycles. The Labute approximate surface area is 110 Å². The normalized spacial score (nSPS) is 11.2. The summed E-state index contributed by atoms with van der Waals surface area (Å²) < 4.78 is 22.7. The third-order valence-electron chi connectivity index (χ3n) is 2.69. The number of hydrogen-bond donors (Lipinski definition) is 0. The zero-order valence-corrected chi connectivity index (χ0v) is 10.9. The molecule has 2 aromatic rings. The van der Waals surface area contributed by atoms with Crippen LogP contribution in [0.4, 0.5) is 5.69 Å². The second kappa shape index (κ2) is 4.81. The van der Waals surface area contributed by atoms with Gasteiger partial charge in [-0.1, -0.05) is 12.1 Å². The molecule has 0 aromatic heterocycles. The summed E-state index contributed by atoms with van der Waals surface area (Å²) in [7, 11) is -3.21. The van der Waals surface area contributed by atoms with Gasteiger partial charge in [-0.2, -0.15) is 0 Å². The molecule has 2 aromatic carbocycles. The van der Waals surface area contributed by atoms with Gasteiger partial charge in [0.2, 0.25) is 0 Å². The fraction of sp³-hybridized carbons (Fsp3) is 0.0769. The summed E-state index contributed by atoms with van der Waals surface area (Å²) in [6.07, 6.45) is 1.15. The van der Waals surface area contributed by atoms with Crippen LogP contribution in [0.3, 0.4) is 0 Å². The lowest BCUT2D eigenvalue weighted by atomic mass is 10.1. The minimum atomic E-state index is -3.21. The van der Waals surface area contributed by atoms with Crippen LogP contribution in [0.5, 0.6) is 0 Å². The Morgan fingerprint density at radius 1 is 0.895 bits per heavy atom. The van der Waals surface area contributed by atoms with Gasteiger partial charge in [0.05, 0.1) is 9.82 Å². The number of sulfone groups is 1. The molecule has 0 atom stereocenters. The Bertz CT molecular complexity index is 703. The standard InChI is InChI=1S/C13H11NO4S/c1-19(17,18)13-8-4-11(5-9-13)10-2-6-12(7-3-10)14(15)16/h2-9H,1H3. The van der Waals surface area contributed by atoms with Crippen LogP contribution in [0.2, 0.25) is 0 Å². The molecule has 98 valence electrons. The number of non-ortho nitro benzene ring substituents is 1. The molecule has 0 unspecified atom stereocenters.